The van der Waals surface area contributed by atoms with Crippen LogP contribution in [0, 0.1) is 5.92 Å². The fourth-order valence-corrected chi connectivity index (χ4v) is 3.63. The zero-order valence-electron chi connectivity index (χ0n) is 11.7. The molecular formula is C18H20BrN. The molecule has 0 aliphatic heterocycles. The summed E-state index contributed by atoms with van der Waals surface area (Å²) in [4.78, 5) is 0. The molecule has 3 rings (SSSR count). The van der Waals surface area contributed by atoms with Gasteiger partial charge in [-0.3, -0.25) is 0 Å². The van der Waals surface area contributed by atoms with Crippen molar-refractivity contribution in [1.29, 1.82) is 0 Å². The van der Waals surface area contributed by atoms with E-state index in [2.05, 4.69) is 75.8 Å². The van der Waals surface area contributed by atoms with E-state index in [4.69, 9.17) is 0 Å². The van der Waals surface area contributed by atoms with Crippen molar-refractivity contribution < 1.29 is 0 Å². The molecule has 0 saturated heterocycles. The molecule has 1 N–H and O–H groups in total. The smallest absolute Gasteiger partial charge is 0.0178 e. The second kappa shape index (κ2) is 6.11. The minimum Gasteiger partial charge on any atom is -0.319 e. The number of hydrogen-bond donors (Lipinski definition) is 1. The molecule has 0 amide bonds. The highest BCUT2D eigenvalue weighted by Gasteiger charge is 2.43. The molecule has 0 spiro atoms. The average Bonchev–Trinajstić information content (AvgIpc) is 3.26. The summed E-state index contributed by atoms with van der Waals surface area (Å²) in [5.41, 5.74) is 2.94. The lowest BCUT2D eigenvalue weighted by atomic mass is 9.91. The summed E-state index contributed by atoms with van der Waals surface area (Å²) in [6.07, 6.45) is 1.31. The van der Waals surface area contributed by atoms with Crippen LogP contribution in [0.25, 0.3) is 0 Å². The third-order valence-electron chi connectivity index (χ3n) is 4.29. The molecule has 3 atom stereocenters. The van der Waals surface area contributed by atoms with Gasteiger partial charge in [-0.1, -0.05) is 58.4 Å². The van der Waals surface area contributed by atoms with Gasteiger partial charge in [0, 0.05) is 11.0 Å². The van der Waals surface area contributed by atoms with Crippen molar-refractivity contribution in [2.45, 2.75) is 18.3 Å². The van der Waals surface area contributed by atoms with Crippen molar-refractivity contribution in [2.24, 2.45) is 5.92 Å². The van der Waals surface area contributed by atoms with Gasteiger partial charge in [0.05, 0.1) is 0 Å². The summed E-state index contributed by atoms with van der Waals surface area (Å²) < 4.78 is 1.17. The Morgan fingerprint density at radius 2 is 1.95 bits per heavy atom. The molecule has 1 aliphatic carbocycles. The highest BCUT2D eigenvalue weighted by atomic mass is 79.9. The molecule has 1 fully saturated rings. The maximum atomic E-state index is 3.59. The zero-order valence-corrected chi connectivity index (χ0v) is 13.3. The molecule has 0 bridgehead atoms. The third kappa shape index (κ3) is 2.97. The lowest BCUT2D eigenvalue weighted by Crippen LogP contribution is -2.19. The Hall–Kier alpha value is -1.12. The largest absolute Gasteiger partial charge is 0.319 e. The number of nitrogens with one attached hydrogen (secondary N) is 1. The minimum absolute atomic E-state index is 0.600. The second-order valence-corrected chi connectivity index (χ2v) is 6.55. The van der Waals surface area contributed by atoms with E-state index in [-0.39, 0.29) is 0 Å². The molecule has 2 aromatic rings. The number of likely N-dealkylation sites (N-methyl/N-ethyl adjacent to an activating group) is 1. The predicted octanol–water partition coefficient (Wildman–Crippen LogP) is 4.56. The van der Waals surface area contributed by atoms with Gasteiger partial charge in [-0.25, -0.2) is 0 Å². The first-order valence-corrected chi connectivity index (χ1v) is 8.04. The molecule has 2 aromatic carbocycles. The Morgan fingerprint density at radius 3 is 2.65 bits per heavy atom. The van der Waals surface area contributed by atoms with Gasteiger partial charge in [0.2, 0.25) is 0 Å². The van der Waals surface area contributed by atoms with Crippen molar-refractivity contribution in [2.75, 3.05) is 13.6 Å². The molecular weight excluding hydrogens is 310 g/mol. The van der Waals surface area contributed by atoms with Gasteiger partial charge in [0.1, 0.15) is 0 Å². The van der Waals surface area contributed by atoms with Crippen LogP contribution in [0.5, 0.6) is 0 Å². The third-order valence-corrected chi connectivity index (χ3v) is 4.78. The van der Waals surface area contributed by atoms with E-state index in [1.807, 2.05) is 7.05 Å². The molecule has 1 saturated carbocycles. The Kier molecular flexibility index (Phi) is 4.23. The van der Waals surface area contributed by atoms with Crippen LogP contribution in [-0.2, 0) is 0 Å². The van der Waals surface area contributed by atoms with Gasteiger partial charge >= 0.3 is 0 Å². The lowest BCUT2D eigenvalue weighted by molar-refractivity contribution is 0.555. The summed E-state index contributed by atoms with van der Waals surface area (Å²) in [5.74, 6) is 2.09. The number of hydrogen-bond acceptors (Lipinski definition) is 1. The number of benzene rings is 2. The molecule has 2 heteroatoms. The summed E-state index contributed by atoms with van der Waals surface area (Å²) in [5, 5.41) is 3.36. The van der Waals surface area contributed by atoms with E-state index in [0.717, 1.165) is 18.4 Å². The Bertz CT molecular complexity index is 567. The minimum atomic E-state index is 0.600. The highest BCUT2D eigenvalue weighted by molar-refractivity contribution is 9.10. The van der Waals surface area contributed by atoms with Crippen molar-refractivity contribution in [3.63, 3.8) is 0 Å². The van der Waals surface area contributed by atoms with Crippen molar-refractivity contribution in [3.8, 4) is 0 Å². The summed E-state index contributed by atoms with van der Waals surface area (Å²) in [6, 6.07) is 19.7. The van der Waals surface area contributed by atoms with Crippen LogP contribution in [-0.4, -0.2) is 13.6 Å². The van der Waals surface area contributed by atoms with Crippen LogP contribution >= 0.6 is 15.9 Å². The van der Waals surface area contributed by atoms with Crippen LogP contribution in [0.1, 0.15) is 29.4 Å². The first-order valence-electron chi connectivity index (χ1n) is 7.24. The molecule has 1 nitrogen and oxygen atoms in total. The summed E-state index contributed by atoms with van der Waals surface area (Å²) in [6.45, 7) is 1.05. The van der Waals surface area contributed by atoms with Gasteiger partial charge in [0.25, 0.3) is 0 Å². The first kappa shape index (κ1) is 13.8. The monoisotopic (exact) mass is 329 g/mol. The van der Waals surface area contributed by atoms with Crippen molar-refractivity contribution in [1.82, 2.24) is 5.32 Å². The topological polar surface area (TPSA) is 12.0 Å². The lowest BCUT2D eigenvalue weighted by Gasteiger charge is -2.18. The first-order chi connectivity index (χ1) is 9.79. The van der Waals surface area contributed by atoms with E-state index < -0.39 is 0 Å². The Balaban J connectivity index is 1.80. The summed E-state index contributed by atoms with van der Waals surface area (Å²) >= 11 is 3.59. The Labute approximate surface area is 129 Å². The van der Waals surface area contributed by atoms with Crippen LogP contribution in [0.3, 0.4) is 0 Å². The molecule has 3 unspecified atom stereocenters. The van der Waals surface area contributed by atoms with E-state index in [9.17, 15) is 0 Å². The van der Waals surface area contributed by atoms with Crippen molar-refractivity contribution in [3.05, 3.63) is 70.2 Å². The molecule has 0 radical (unpaired) electrons. The quantitative estimate of drug-likeness (QED) is 0.848. The molecule has 20 heavy (non-hydrogen) atoms. The van der Waals surface area contributed by atoms with Crippen molar-refractivity contribution >= 4 is 15.9 Å². The molecule has 0 heterocycles. The van der Waals surface area contributed by atoms with Crippen LogP contribution in [0.15, 0.2) is 59.1 Å². The molecule has 0 aromatic heterocycles. The van der Waals surface area contributed by atoms with E-state index in [1.165, 1.54) is 22.0 Å². The van der Waals surface area contributed by atoms with Gasteiger partial charge in [-0.2, -0.15) is 0 Å². The normalized spacial score (nSPS) is 22.5. The van der Waals surface area contributed by atoms with Crippen LogP contribution in [0.4, 0.5) is 0 Å². The van der Waals surface area contributed by atoms with E-state index >= 15 is 0 Å². The maximum absolute atomic E-state index is 3.59. The van der Waals surface area contributed by atoms with Gasteiger partial charge in [0.15, 0.2) is 0 Å². The maximum Gasteiger partial charge on any atom is 0.0178 e. The standard InChI is InChI=1S/C18H20BrN/c1-20-12-18(14-8-5-9-15(19)10-14)17-11-16(17)13-6-3-2-4-7-13/h2-10,16-18,20H,11-12H2,1H3. The predicted molar refractivity (Wildman–Crippen MR) is 88.1 cm³/mol. The molecule has 1 aliphatic rings. The van der Waals surface area contributed by atoms with Gasteiger partial charge in [-0.05, 0) is 54.5 Å². The molecule has 104 valence electrons. The fraction of sp³-hybridized carbons (Fsp3) is 0.333. The zero-order chi connectivity index (χ0) is 13.9. The second-order valence-electron chi connectivity index (χ2n) is 5.64. The van der Waals surface area contributed by atoms with E-state index in [1.54, 1.807) is 0 Å². The van der Waals surface area contributed by atoms with Crippen LogP contribution < -0.4 is 5.32 Å². The summed E-state index contributed by atoms with van der Waals surface area (Å²) in [7, 11) is 2.05. The van der Waals surface area contributed by atoms with Gasteiger partial charge < -0.3 is 5.32 Å². The van der Waals surface area contributed by atoms with Crippen LogP contribution in [0.2, 0.25) is 0 Å². The number of halogens is 1. The SMILES string of the molecule is CNCC(c1cccc(Br)c1)C1CC1c1ccccc1. The van der Waals surface area contributed by atoms with E-state index in [0.29, 0.717) is 5.92 Å². The number of rotatable bonds is 5. The van der Waals surface area contributed by atoms with Gasteiger partial charge in [-0.15, -0.1) is 0 Å². The average molecular weight is 330 g/mol. The highest BCUT2D eigenvalue weighted by Crippen LogP contribution is 2.54. The Morgan fingerprint density at radius 1 is 1.15 bits per heavy atom. The fourth-order valence-electron chi connectivity index (χ4n) is 3.22.